The fourth-order valence-corrected chi connectivity index (χ4v) is 1.77. The van der Waals surface area contributed by atoms with Gasteiger partial charge in [-0.1, -0.05) is 0 Å². The van der Waals surface area contributed by atoms with Crippen LogP contribution in [0.2, 0.25) is 0 Å². The summed E-state index contributed by atoms with van der Waals surface area (Å²) in [5.74, 6) is -12.6. The van der Waals surface area contributed by atoms with Gasteiger partial charge in [0.05, 0.1) is 0 Å². The SMILES string of the molecule is O=C(OC/C=C/COC(=O)c1cc(F)nc(F)c1F)c1cc(F)nc(F)c1F. The predicted molar refractivity (Wildman–Crippen MR) is 77.9 cm³/mol. The summed E-state index contributed by atoms with van der Waals surface area (Å²) < 4.78 is 87.3. The molecule has 0 saturated carbocycles. The summed E-state index contributed by atoms with van der Waals surface area (Å²) in [6.45, 7) is -1.01. The summed E-state index contributed by atoms with van der Waals surface area (Å²) in [5.41, 5.74) is -2.02. The molecule has 0 atom stereocenters. The molecule has 0 radical (unpaired) electrons. The van der Waals surface area contributed by atoms with Gasteiger partial charge in [0, 0.05) is 12.1 Å². The number of ether oxygens (including phenoxy) is 2. The van der Waals surface area contributed by atoms with E-state index in [4.69, 9.17) is 0 Å². The molecule has 0 aliphatic heterocycles. The standard InChI is InChI=1S/C16H8F6N2O4/c17-9-5-7(11(19)13(21)23-9)15(25)27-3-1-2-4-28-16(26)8-6-10(18)24-14(22)12(8)20/h1-2,5-6H,3-4H2/b2-1+. The van der Waals surface area contributed by atoms with Crippen LogP contribution in [0.1, 0.15) is 20.7 Å². The highest BCUT2D eigenvalue weighted by Gasteiger charge is 2.20. The quantitative estimate of drug-likeness (QED) is 0.318. The van der Waals surface area contributed by atoms with Gasteiger partial charge in [0.1, 0.15) is 24.3 Å². The van der Waals surface area contributed by atoms with Crippen molar-refractivity contribution < 1.29 is 45.4 Å². The summed E-state index contributed by atoms with van der Waals surface area (Å²) in [6.07, 6.45) is 2.20. The minimum absolute atomic E-state index is 0.341. The molecule has 2 rings (SSSR count). The first-order valence-electron chi connectivity index (χ1n) is 7.23. The summed E-state index contributed by atoms with van der Waals surface area (Å²) in [5, 5.41) is 0. The second kappa shape index (κ2) is 8.97. The van der Waals surface area contributed by atoms with Gasteiger partial charge >= 0.3 is 11.9 Å². The molecule has 2 aromatic heterocycles. The topological polar surface area (TPSA) is 78.4 Å². The highest BCUT2D eigenvalue weighted by molar-refractivity contribution is 5.90. The second-order valence-electron chi connectivity index (χ2n) is 4.86. The van der Waals surface area contributed by atoms with Gasteiger partial charge in [-0.15, -0.1) is 0 Å². The Morgan fingerprint density at radius 1 is 0.750 bits per heavy atom. The van der Waals surface area contributed by atoms with E-state index in [-0.39, 0.29) is 0 Å². The van der Waals surface area contributed by atoms with Crippen molar-refractivity contribution in [3.8, 4) is 0 Å². The van der Waals surface area contributed by atoms with E-state index in [0.29, 0.717) is 12.1 Å². The normalized spacial score (nSPS) is 10.9. The molecule has 28 heavy (non-hydrogen) atoms. The van der Waals surface area contributed by atoms with Crippen molar-refractivity contribution in [1.82, 2.24) is 9.97 Å². The smallest absolute Gasteiger partial charge is 0.341 e. The van der Waals surface area contributed by atoms with E-state index in [1.54, 1.807) is 0 Å². The Kier molecular flexibility index (Phi) is 6.69. The monoisotopic (exact) mass is 406 g/mol. The van der Waals surface area contributed by atoms with Gasteiger partial charge in [0.15, 0.2) is 11.6 Å². The Balaban J connectivity index is 1.85. The first kappa shape index (κ1) is 20.9. The third-order valence-corrected chi connectivity index (χ3v) is 3.00. The summed E-state index contributed by atoms with van der Waals surface area (Å²) in [4.78, 5) is 28.2. The van der Waals surface area contributed by atoms with Gasteiger partial charge in [-0.3, -0.25) is 0 Å². The molecule has 0 bridgehead atoms. The summed E-state index contributed by atoms with van der Waals surface area (Å²) in [6, 6.07) is 0.682. The molecular formula is C16H8F6N2O4. The number of esters is 2. The molecule has 12 heteroatoms. The average molecular weight is 406 g/mol. The van der Waals surface area contributed by atoms with Crippen LogP contribution in [0.15, 0.2) is 24.3 Å². The minimum atomic E-state index is -1.81. The van der Waals surface area contributed by atoms with E-state index in [9.17, 15) is 35.9 Å². The van der Waals surface area contributed by atoms with Gasteiger partial charge in [-0.2, -0.15) is 27.5 Å². The summed E-state index contributed by atoms with van der Waals surface area (Å²) in [7, 11) is 0. The Morgan fingerprint density at radius 2 is 1.11 bits per heavy atom. The van der Waals surface area contributed by atoms with Crippen molar-refractivity contribution in [1.29, 1.82) is 0 Å². The van der Waals surface area contributed by atoms with E-state index in [1.165, 1.54) is 0 Å². The highest BCUT2D eigenvalue weighted by Crippen LogP contribution is 2.13. The molecule has 0 aliphatic carbocycles. The first-order chi connectivity index (χ1) is 13.2. The molecule has 0 aromatic carbocycles. The van der Waals surface area contributed by atoms with Crippen LogP contribution in [-0.2, 0) is 9.47 Å². The van der Waals surface area contributed by atoms with Gasteiger partial charge in [-0.25, -0.2) is 18.4 Å². The zero-order chi connectivity index (χ0) is 20.8. The van der Waals surface area contributed by atoms with Crippen LogP contribution in [0.25, 0.3) is 0 Å². The number of aromatic nitrogens is 2. The van der Waals surface area contributed by atoms with Crippen LogP contribution in [-0.4, -0.2) is 35.1 Å². The van der Waals surface area contributed by atoms with Crippen LogP contribution in [0.4, 0.5) is 26.3 Å². The van der Waals surface area contributed by atoms with E-state index in [0.717, 1.165) is 12.2 Å². The molecule has 0 saturated heterocycles. The maximum absolute atomic E-state index is 13.3. The van der Waals surface area contributed by atoms with Crippen molar-refractivity contribution in [3.05, 3.63) is 70.8 Å². The van der Waals surface area contributed by atoms with Gasteiger partial charge in [0.2, 0.25) is 11.9 Å². The fraction of sp³-hybridized carbons (Fsp3) is 0.125. The molecule has 0 aliphatic rings. The Labute approximate surface area is 152 Å². The minimum Gasteiger partial charge on any atom is -0.458 e. The van der Waals surface area contributed by atoms with Crippen LogP contribution < -0.4 is 0 Å². The van der Waals surface area contributed by atoms with Crippen molar-refractivity contribution in [2.24, 2.45) is 0 Å². The first-order valence-corrected chi connectivity index (χ1v) is 7.23. The van der Waals surface area contributed by atoms with Gasteiger partial charge in [-0.05, 0) is 12.2 Å². The number of hydrogen-bond donors (Lipinski definition) is 0. The zero-order valence-corrected chi connectivity index (χ0v) is 13.5. The number of pyridine rings is 2. The lowest BCUT2D eigenvalue weighted by Gasteiger charge is -2.05. The number of carbonyl (C=O) groups excluding carboxylic acids is 2. The molecule has 2 heterocycles. The van der Waals surface area contributed by atoms with E-state index in [1.807, 2.05) is 0 Å². The number of carbonyl (C=O) groups is 2. The summed E-state index contributed by atoms with van der Waals surface area (Å²) >= 11 is 0. The third-order valence-electron chi connectivity index (χ3n) is 3.00. The van der Waals surface area contributed by atoms with E-state index >= 15 is 0 Å². The fourth-order valence-electron chi connectivity index (χ4n) is 1.77. The molecule has 0 spiro atoms. The average Bonchev–Trinajstić information content (AvgIpc) is 2.63. The second-order valence-corrected chi connectivity index (χ2v) is 4.86. The van der Waals surface area contributed by atoms with Crippen LogP contribution in [0, 0.1) is 35.4 Å². The third kappa shape index (κ3) is 5.05. The molecule has 0 fully saturated rings. The lowest BCUT2D eigenvalue weighted by Crippen LogP contribution is -2.12. The van der Waals surface area contributed by atoms with E-state index in [2.05, 4.69) is 19.4 Å². The molecular weight excluding hydrogens is 398 g/mol. The zero-order valence-electron chi connectivity index (χ0n) is 13.5. The lowest BCUT2D eigenvalue weighted by molar-refractivity contribution is 0.0519. The molecule has 0 amide bonds. The Bertz CT molecular complexity index is 876. The number of halogens is 6. The molecule has 0 unspecified atom stereocenters. The van der Waals surface area contributed by atoms with Gasteiger partial charge < -0.3 is 9.47 Å². The van der Waals surface area contributed by atoms with Crippen LogP contribution in [0.3, 0.4) is 0 Å². The molecule has 6 nitrogen and oxygen atoms in total. The van der Waals surface area contributed by atoms with Crippen molar-refractivity contribution in [2.45, 2.75) is 0 Å². The number of rotatable bonds is 6. The lowest BCUT2D eigenvalue weighted by atomic mass is 10.2. The van der Waals surface area contributed by atoms with Gasteiger partial charge in [0.25, 0.3) is 11.9 Å². The van der Waals surface area contributed by atoms with Crippen molar-refractivity contribution >= 4 is 11.9 Å². The number of hydrogen-bond acceptors (Lipinski definition) is 6. The molecule has 2 aromatic rings. The predicted octanol–water partition coefficient (Wildman–Crippen LogP) is 2.88. The highest BCUT2D eigenvalue weighted by atomic mass is 19.2. The van der Waals surface area contributed by atoms with Crippen LogP contribution in [0.5, 0.6) is 0 Å². The Hall–Kier alpha value is -3.44. The van der Waals surface area contributed by atoms with Crippen molar-refractivity contribution in [3.63, 3.8) is 0 Å². The largest absolute Gasteiger partial charge is 0.458 e. The van der Waals surface area contributed by atoms with E-state index < -0.39 is 71.7 Å². The molecule has 0 N–H and O–H groups in total. The number of nitrogens with zero attached hydrogens (tertiary/aromatic N) is 2. The molecule has 148 valence electrons. The maximum Gasteiger partial charge on any atom is 0.341 e. The van der Waals surface area contributed by atoms with Crippen LogP contribution >= 0.6 is 0 Å². The Morgan fingerprint density at radius 3 is 1.46 bits per heavy atom. The maximum atomic E-state index is 13.3. The van der Waals surface area contributed by atoms with Crippen molar-refractivity contribution in [2.75, 3.05) is 13.2 Å².